The molecule has 0 radical (unpaired) electrons. The molecule has 1 saturated heterocycles. The van der Waals surface area contributed by atoms with Gasteiger partial charge in [-0.1, -0.05) is 12.1 Å². The molecule has 1 aliphatic rings. The molecule has 1 aliphatic heterocycles. The third-order valence-corrected chi connectivity index (χ3v) is 4.38. The molecule has 0 atom stereocenters. The Balaban J connectivity index is 1.53. The Labute approximate surface area is 152 Å². The minimum Gasteiger partial charge on any atom is -0.493 e. The average Bonchev–Trinajstić information content (AvgIpc) is 3.10. The van der Waals surface area contributed by atoms with E-state index in [1.807, 2.05) is 12.1 Å². The van der Waals surface area contributed by atoms with Gasteiger partial charge >= 0.3 is 0 Å². The van der Waals surface area contributed by atoms with E-state index < -0.39 is 0 Å². The number of methoxy groups -OCH3 is 1. The van der Waals surface area contributed by atoms with Crippen LogP contribution in [-0.4, -0.2) is 66.5 Å². The summed E-state index contributed by atoms with van der Waals surface area (Å²) in [5.41, 5.74) is 0.573. The van der Waals surface area contributed by atoms with Crippen LogP contribution in [0.1, 0.15) is 16.9 Å². The van der Waals surface area contributed by atoms with Gasteiger partial charge in [-0.3, -0.25) is 9.59 Å². The smallest absolute Gasteiger partial charge is 0.270 e. The summed E-state index contributed by atoms with van der Waals surface area (Å²) in [5.74, 6) is 1.01. The molecular formula is C19H23N3O4. The van der Waals surface area contributed by atoms with Crippen molar-refractivity contribution >= 4 is 11.8 Å². The molecule has 26 heavy (non-hydrogen) atoms. The Bertz CT molecular complexity index is 745. The molecule has 1 fully saturated rings. The number of rotatable bonds is 5. The number of ether oxygens (including phenoxy) is 2. The average molecular weight is 357 g/mol. The van der Waals surface area contributed by atoms with Crippen molar-refractivity contribution in [3.8, 4) is 11.5 Å². The van der Waals surface area contributed by atoms with Crippen molar-refractivity contribution in [1.82, 2.24) is 14.8 Å². The van der Waals surface area contributed by atoms with Crippen LogP contribution in [-0.2, 0) is 4.79 Å². The van der Waals surface area contributed by atoms with Gasteiger partial charge in [-0.2, -0.15) is 0 Å². The molecule has 1 aromatic heterocycles. The summed E-state index contributed by atoms with van der Waals surface area (Å²) >= 11 is 0. The van der Waals surface area contributed by atoms with Crippen LogP contribution in [0.5, 0.6) is 11.5 Å². The molecule has 0 aliphatic carbocycles. The minimum absolute atomic E-state index is 0.0328. The first-order valence-corrected chi connectivity index (χ1v) is 8.65. The summed E-state index contributed by atoms with van der Waals surface area (Å²) in [5, 5.41) is 0. The second kappa shape index (κ2) is 8.42. The summed E-state index contributed by atoms with van der Waals surface area (Å²) in [4.78, 5) is 31.4. The number of aromatic nitrogens is 1. The highest BCUT2D eigenvalue weighted by Gasteiger charge is 2.23. The first-order valence-electron chi connectivity index (χ1n) is 8.65. The van der Waals surface area contributed by atoms with E-state index in [1.54, 1.807) is 47.4 Å². The zero-order valence-electron chi connectivity index (χ0n) is 14.8. The van der Waals surface area contributed by atoms with Crippen molar-refractivity contribution < 1.29 is 19.1 Å². The number of nitrogens with zero attached hydrogens (tertiary/aromatic N) is 2. The maximum absolute atomic E-state index is 12.5. The quantitative estimate of drug-likeness (QED) is 0.885. The monoisotopic (exact) mass is 357 g/mol. The molecule has 0 bridgehead atoms. The normalized spacial score (nSPS) is 14.7. The van der Waals surface area contributed by atoms with Gasteiger partial charge in [0.15, 0.2) is 18.1 Å². The fraction of sp³-hybridized carbons (Fsp3) is 0.368. The van der Waals surface area contributed by atoms with Gasteiger partial charge in [-0.05, 0) is 30.7 Å². The van der Waals surface area contributed by atoms with Crippen LogP contribution in [0.15, 0.2) is 42.6 Å². The number of carbonyl (C=O) groups excluding carboxylic acids is 2. The van der Waals surface area contributed by atoms with Crippen LogP contribution >= 0.6 is 0 Å². The fourth-order valence-electron chi connectivity index (χ4n) is 2.97. The third-order valence-electron chi connectivity index (χ3n) is 4.38. The molecule has 1 N–H and O–H groups in total. The van der Waals surface area contributed by atoms with Gasteiger partial charge in [0.05, 0.1) is 7.11 Å². The molecular weight excluding hydrogens is 334 g/mol. The van der Waals surface area contributed by atoms with Crippen molar-refractivity contribution in [1.29, 1.82) is 0 Å². The van der Waals surface area contributed by atoms with E-state index in [0.717, 1.165) is 6.42 Å². The molecule has 3 rings (SSSR count). The largest absolute Gasteiger partial charge is 0.493 e. The van der Waals surface area contributed by atoms with Crippen LogP contribution in [0.25, 0.3) is 0 Å². The van der Waals surface area contributed by atoms with Crippen LogP contribution in [0.2, 0.25) is 0 Å². The van der Waals surface area contributed by atoms with E-state index in [9.17, 15) is 9.59 Å². The lowest BCUT2D eigenvalue weighted by Crippen LogP contribution is -2.39. The number of H-pyrrole nitrogens is 1. The molecule has 0 unspecified atom stereocenters. The predicted molar refractivity (Wildman–Crippen MR) is 96.4 cm³/mol. The van der Waals surface area contributed by atoms with Crippen molar-refractivity contribution in [3.63, 3.8) is 0 Å². The van der Waals surface area contributed by atoms with Gasteiger partial charge in [0.2, 0.25) is 0 Å². The molecule has 0 spiro atoms. The van der Waals surface area contributed by atoms with E-state index in [2.05, 4.69) is 4.98 Å². The van der Waals surface area contributed by atoms with Crippen LogP contribution in [0.4, 0.5) is 0 Å². The highest BCUT2D eigenvalue weighted by atomic mass is 16.5. The van der Waals surface area contributed by atoms with Crippen molar-refractivity contribution in [2.45, 2.75) is 6.42 Å². The Kier molecular flexibility index (Phi) is 5.78. The van der Waals surface area contributed by atoms with Crippen molar-refractivity contribution in [3.05, 3.63) is 48.3 Å². The van der Waals surface area contributed by atoms with E-state index in [4.69, 9.17) is 9.47 Å². The Morgan fingerprint density at radius 2 is 1.73 bits per heavy atom. The number of benzene rings is 1. The van der Waals surface area contributed by atoms with Gasteiger partial charge in [-0.15, -0.1) is 0 Å². The highest BCUT2D eigenvalue weighted by Crippen LogP contribution is 2.25. The Morgan fingerprint density at radius 1 is 1.00 bits per heavy atom. The number of amides is 2. The maximum Gasteiger partial charge on any atom is 0.270 e. The molecule has 7 nitrogen and oxygen atoms in total. The number of carbonyl (C=O) groups is 2. The summed E-state index contributed by atoms with van der Waals surface area (Å²) in [6.45, 7) is 2.21. The van der Waals surface area contributed by atoms with Crippen LogP contribution in [0.3, 0.4) is 0 Å². The summed E-state index contributed by atoms with van der Waals surface area (Å²) in [6.07, 6.45) is 2.48. The maximum atomic E-state index is 12.5. The molecule has 138 valence electrons. The molecule has 0 saturated carbocycles. The van der Waals surface area contributed by atoms with Gasteiger partial charge < -0.3 is 24.3 Å². The lowest BCUT2D eigenvalue weighted by molar-refractivity contribution is -0.133. The third kappa shape index (κ3) is 4.17. The van der Waals surface area contributed by atoms with E-state index in [0.29, 0.717) is 43.4 Å². The molecule has 2 aromatic rings. The van der Waals surface area contributed by atoms with Gasteiger partial charge in [0.25, 0.3) is 11.8 Å². The lowest BCUT2D eigenvalue weighted by atomic mass is 10.3. The first kappa shape index (κ1) is 17.8. The summed E-state index contributed by atoms with van der Waals surface area (Å²) in [7, 11) is 1.56. The zero-order chi connectivity index (χ0) is 18.4. The van der Waals surface area contributed by atoms with Gasteiger partial charge in [0.1, 0.15) is 5.69 Å². The number of aromatic amines is 1. The lowest BCUT2D eigenvalue weighted by Gasteiger charge is -2.22. The first-order chi connectivity index (χ1) is 12.7. The van der Waals surface area contributed by atoms with E-state index in [-0.39, 0.29) is 18.4 Å². The van der Waals surface area contributed by atoms with Crippen molar-refractivity contribution in [2.24, 2.45) is 0 Å². The Morgan fingerprint density at radius 3 is 2.46 bits per heavy atom. The SMILES string of the molecule is COc1ccccc1OCC(=O)N1CCCN(C(=O)c2ccc[nH]2)CC1. The predicted octanol–water partition coefficient (Wildman–Crippen LogP) is 1.78. The second-order valence-electron chi connectivity index (χ2n) is 6.05. The van der Waals surface area contributed by atoms with Crippen molar-refractivity contribution in [2.75, 3.05) is 39.9 Å². The molecule has 7 heteroatoms. The standard InChI is InChI=1S/C19H23N3O4/c1-25-16-7-2-3-8-17(16)26-14-18(23)21-10-5-11-22(13-12-21)19(24)15-6-4-9-20-15/h2-4,6-9,20H,5,10-14H2,1H3. The number of hydrogen-bond donors (Lipinski definition) is 1. The molecule has 2 heterocycles. The highest BCUT2D eigenvalue weighted by molar-refractivity contribution is 5.92. The van der Waals surface area contributed by atoms with Gasteiger partial charge in [-0.25, -0.2) is 0 Å². The summed E-state index contributed by atoms with van der Waals surface area (Å²) < 4.78 is 10.8. The summed E-state index contributed by atoms with van der Waals surface area (Å²) in [6, 6.07) is 10.8. The Hall–Kier alpha value is -2.96. The van der Waals surface area contributed by atoms with E-state index in [1.165, 1.54) is 0 Å². The van der Waals surface area contributed by atoms with E-state index >= 15 is 0 Å². The zero-order valence-corrected chi connectivity index (χ0v) is 14.8. The number of nitrogens with one attached hydrogen (secondary N) is 1. The van der Waals surface area contributed by atoms with Crippen LogP contribution in [0, 0.1) is 0 Å². The molecule has 1 aromatic carbocycles. The van der Waals surface area contributed by atoms with Gasteiger partial charge in [0, 0.05) is 32.4 Å². The number of hydrogen-bond acceptors (Lipinski definition) is 4. The fourth-order valence-corrected chi connectivity index (χ4v) is 2.97. The second-order valence-corrected chi connectivity index (χ2v) is 6.05. The number of para-hydroxylation sites is 2. The molecule has 2 amide bonds. The van der Waals surface area contributed by atoms with Crippen LogP contribution < -0.4 is 9.47 Å². The minimum atomic E-state index is -0.0925. The topological polar surface area (TPSA) is 74.9 Å².